The van der Waals surface area contributed by atoms with Crippen LogP contribution in [0.1, 0.15) is 35.6 Å². The van der Waals surface area contributed by atoms with Gasteiger partial charge in [0, 0.05) is 24.9 Å². The molecule has 3 N–H and O–H groups in total. The van der Waals surface area contributed by atoms with E-state index >= 15 is 0 Å². The summed E-state index contributed by atoms with van der Waals surface area (Å²) in [7, 11) is 0. The smallest absolute Gasteiger partial charge is 0.0687 e. The van der Waals surface area contributed by atoms with Crippen molar-refractivity contribution in [2.24, 2.45) is 5.84 Å². The van der Waals surface area contributed by atoms with Gasteiger partial charge in [-0.15, -0.1) is 0 Å². The summed E-state index contributed by atoms with van der Waals surface area (Å²) in [5, 5.41) is 4.46. The van der Waals surface area contributed by atoms with Crippen LogP contribution in [0.25, 0.3) is 0 Å². The van der Waals surface area contributed by atoms with E-state index in [0.29, 0.717) is 0 Å². The molecule has 0 fully saturated rings. The van der Waals surface area contributed by atoms with Crippen molar-refractivity contribution in [3.63, 3.8) is 0 Å². The molecule has 2 aromatic rings. The van der Waals surface area contributed by atoms with Gasteiger partial charge in [-0.25, -0.2) is 0 Å². The minimum atomic E-state index is 0.00120. The molecule has 19 heavy (non-hydrogen) atoms. The molecular weight excluding hydrogens is 238 g/mol. The Labute approximate surface area is 113 Å². The van der Waals surface area contributed by atoms with Crippen LogP contribution < -0.4 is 11.3 Å². The first-order chi connectivity index (χ1) is 9.13. The molecule has 2 rings (SSSR count). The zero-order valence-corrected chi connectivity index (χ0v) is 11.7. The predicted molar refractivity (Wildman–Crippen MR) is 75.4 cm³/mol. The second-order valence-electron chi connectivity index (χ2n) is 4.77. The Morgan fingerprint density at radius 1 is 1.37 bits per heavy atom. The second kappa shape index (κ2) is 5.95. The van der Waals surface area contributed by atoms with Crippen molar-refractivity contribution in [1.82, 2.24) is 20.2 Å². The Balaban J connectivity index is 2.23. The van der Waals surface area contributed by atoms with Crippen LogP contribution in [0.4, 0.5) is 0 Å². The first-order valence-electron chi connectivity index (χ1n) is 6.56. The number of hydrogen-bond acceptors (Lipinski definition) is 4. The largest absolute Gasteiger partial charge is 0.271 e. The van der Waals surface area contributed by atoms with Gasteiger partial charge in [0.25, 0.3) is 0 Å². The van der Waals surface area contributed by atoms with Crippen LogP contribution in [0.3, 0.4) is 0 Å². The Morgan fingerprint density at radius 2 is 2.16 bits per heavy atom. The molecule has 0 aliphatic rings. The third-order valence-electron chi connectivity index (χ3n) is 3.19. The standard InChI is InChI=1S/C14H21N5/c1-4-19-12(8-11(3)18-19)9-14(17-15)13-7-10(2)5-6-16-13/h5-8,14,17H,4,9,15H2,1-3H3. The highest BCUT2D eigenvalue weighted by atomic mass is 15.3. The quantitative estimate of drug-likeness (QED) is 0.633. The number of nitrogens with zero attached hydrogens (tertiary/aromatic N) is 3. The number of hydrogen-bond donors (Lipinski definition) is 2. The minimum Gasteiger partial charge on any atom is -0.271 e. The third kappa shape index (κ3) is 3.19. The number of hydrazine groups is 1. The maximum atomic E-state index is 5.68. The molecule has 0 aromatic carbocycles. The molecule has 0 bridgehead atoms. The molecule has 2 heterocycles. The highest BCUT2D eigenvalue weighted by Crippen LogP contribution is 2.17. The highest BCUT2D eigenvalue weighted by Gasteiger charge is 2.15. The molecule has 5 nitrogen and oxygen atoms in total. The molecule has 1 unspecified atom stereocenters. The maximum absolute atomic E-state index is 5.68. The fraction of sp³-hybridized carbons (Fsp3) is 0.429. The van der Waals surface area contributed by atoms with Gasteiger partial charge in [-0.3, -0.25) is 20.9 Å². The van der Waals surface area contributed by atoms with Crippen molar-refractivity contribution in [2.75, 3.05) is 0 Å². The number of rotatable bonds is 5. The van der Waals surface area contributed by atoms with Crippen LogP contribution in [0, 0.1) is 13.8 Å². The van der Waals surface area contributed by atoms with Gasteiger partial charge in [0.1, 0.15) is 0 Å². The van der Waals surface area contributed by atoms with Gasteiger partial charge < -0.3 is 0 Å². The van der Waals surface area contributed by atoms with E-state index in [9.17, 15) is 0 Å². The monoisotopic (exact) mass is 259 g/mol. The molecule has 2 aromatic heterocycles. The number of aryl methyl sites for hydroxylation is 3. The highest BCUT2D eigenvalue weighted by molar-refractivity contribution is 5.20. The SMILES string of the molecule is CCn1nc(C)cc1CC(NN)c1cc(C)ccn1. The van der Waals surface area contributed by atoms with E-state index in [1.807, 2.05) is 23.9 Å². The van der Waals surface area contributed by atoms with Crippen LogP contribution in [0.2, 0.25) is 0 Å². The number of aromatic nitrogens is 3. The fourth-order valence-corrected chi connectivity index (χ4v) is 2.25. The molecule has 0 amide bonds. The number of pyridine rings is 1. The van der Waals surface area contributed by atoms with Gasteiger partial charge >= 0.3 is 0 Å². The molecule has 102 valence electrons. The topological polar surface area (TPSA) is 68.8 Å². The van der Waals surface area contributed by atoms with Crippen molar-refractivity contribution < 1.29 is 0 Å². The van der Waals surface area contributed by atoms with Crippen molar-refractivity contribution in [2.45, 2.75) is 39.8 Å². The summed E-state index contributed by atoms with van der Waals surface area (Å²) in [5.41, 5.74) is 7.20. The molecule has 0 saturated carbocycles. The number of nitrogens with one attached hydrogen (secondary N) is 1. The lowest BCUT2D eigenvalue weighted by molar-refractivity contribution is 0.507. The van der Waals surface area contributed by atoms with Crippen molar-refractivity contribution >= 4 is 0 Å². The number of nitrogens with two attached hydrogens (primary N) is 1. The Morgan fingerprint density at radius 3 is 2.79 bits per heavy atom. The minimum absolute atomic E-state index is 0.00120. The first kappa shape index (κ1) is 13.7. The van der Waals surface area contributed by atoms with Gasteiger partial charge in [0.2, 0.25) is 0 Å². The van der Waals surface area contributed by atoms with Crippen LogP contribution in [0.15, 0.2) is 24.4 Å². The van der Waals surface area contributed by atoms with Gasteiger partial charge in [0.15, 0.2) is 0 Å². The average Bonchev–Trinajstić information content (AvgIpc) is 2.76. The predicted octanol–water partition coefficient (Wildman–Crippen LogP) is 1.66. The lowest BCUT2D eigenvalue weighted by Gasteiger charge is -2.16. The van der Waals surface area contributed by atoms with E-state index in [1.54, 1.807) is 0 Å². The van der Waals surface area contributed by atoms with Gasteiger partial charge in [-0.05, 0) is 44.5 Å². The summed E-state index contributed by atoms with van der Waals surface area (Å²) in [5.74, 6) is 5.68. The molecule has 0 aliphatic carbocycles. The Bertz CT molecular complexity index is 547. The second-order valence-corrected chi connectivity index (χ2v) is 4.77. The molecule has 0 spiro atoms. The van der Waals surface area contributed by atoms with E-state index in [2.05, 4.69) is 41.5 Å². The van der Waals surface area contributed by atoms with Crippen molar-refractivity contribution in [3.05, 3.63) is 47.0 Å². The summed E-state index contributed by atoms with van der Waals surface area (Å²) >= 11 is 0. The molecule has 0 saturated heterocycles. The lowest BCUT2D eigenvalue weighted by Crippen LogP contribution is -2.31. The summed E-state index contributed by atoms with van der Waals surface area (Å²) in [6.45, 7) is 7.01. The Kier molecular flexibility index (Phi) is 4.29. The molecular formula is C14H21N5. The zero-order valence-electron chi connectivity index (χ0n) is 11.7. The van der Waals surface area contributed by atoms with Crippen molar-refractivity contribution in [1.29, 1.82) is 0 Å². The first-order valence-corrected chi connectivity index (χ1v) is 6.56. The summed E-state index contributed by atoms with van der Waals surface area (Å²) < 4.78 is 2.01. The summed E-state index contributed by atoms with van der Waals surface area (Å²) in [6, 6.07) is 6.15. The molecule has 0 aliphatic heterocycles. The van der Waals surface area contributed by atoms with E-state index in [1.165, 1.54) is 11.3 Å². The van der Waals surface area contributed by atoms with E-state index in [-0.39, 0.29) is 6.04 Å². The maximum Gasteiger partial charge on any atom is 0.0687 e. The van der Waals surface area contributed by atoms with Crippen LogP contribution >= 0.6 is 0 Å². The van der Waals surface area contributed by atoms with E-state index < -0.39 is 0 Å². The summed E-state index contributed by atoms with van der Waals surface area (Å²) in [4.78, 5) is 4.40. The third-order valence-corrected chi connectivity index (χ3v) is 3.19. The van der Waals surface area contributed by atoms with Crippen molar-refractivity contribution in [3.8, 4) is 0 Å². The van der Waals surface area contributed by atoms with Gasteiger partial charge in [0.05, 0.1) is 17.4 Å². The van der Waals surface area contributed by atoms with Crippen LogP contribution in [0.5, 0.6) is 0 Å². The zero-order chi connectivity index (χ0) is 13.8. The van der Waals surface area contributed by atoms with E-state index in [0.717, 1.165) is 24.4 Å². The van der Waals surface area contributed by atoms with Gasteiger partial charge in [-0.2, -0.15) is 5.10 Å². The van der Waals surface area contributed by atoms with E-state index in [4.69, 9.17) is 5.84 Å². The molecule has 0 radical (unpaired) electrons. The van der Waals surface area contributed by atoms with Crippen LogP contribution in [-0.4, -0.2) is 14.8 Å². The normalized spacial score (nSPS) is 12.6. The summed E-state index contributed by atoms with van der Waals surface area (Å²) in [6.07, 6.45) is 2.60. The van der Waals surface area contributed by atoms with Crippen LogP contribution in [-0.2, 0) is 13.0 Å². The molecule has 5 heteroatoms. The fourth-order valence-electron chi connectivity index (χ4n) is 2.25. The van der Waals surface area contributed by atoms with Gasteiger partial charge in [-0.1, -0.05) is 0 Å². The average molecular weight is 259 g/mol. The molecule has 1 atom stereocenters. The Hall–Kier alpha value is -1.72. The lowest BCUT2D eigenvalue weighted by atomic mass is 10.1.